The topological polar surface area (TPSA) is 108 Å². The van der Waals surface area contributed by atoms with Crippen molar-refractivity contribution in [3.8, 4) is 0 Å². The molecular formula is C12H21N3O4. The molecule has 0 saturated heterocycles. The number of hydrogen-bond donors (Lipinski definition) is 4. The Kier molecular flexibility index (Phi) is 6.11. The molecule has 1 rings (SSSR count). The molecule has 1 atom stereocenters. The van der Waals surface area contributed by atoms with Crippen molar-refractivity contribution >= 4 is 17.9 Å². The largest absolute Gasteiger partial charge is 0.480 e. The summed E-state index contributed by atoms with van der Waals surface area (Å²) in [7, 11) is 0. The van der Waals surface area contributed by atoms with Crippen LogP contribution in [0.15, 0.2) is 0 Å². The van der Waals surface area contributed by atoms with Crippen molar-refractivity contribution in [1.29, 1.82) is 0 Å². The molecule has 7 nitrogen and oxygen atoms in total. The number of carboxylic acid groups (broad SMARTS) is 1. The zero-order valence-electron chi connectivity index (χ0n) is 11.1. The van der Waals surface area contributed by atoms with Gasteiger partial charge in [-0.3, -0.25) is 4.79 Å². The maximum atomic E-state index is 11.4. The van der Waals surface area contributed by atoms with Crippen LogP contribution >= 0.6 is 0 Å². The number of carboxylic acids is 1. The van der Waals surface area contributed by atoms with Crippen LogP contribution in [0.5, 0.6) is 0 Å². The number of urea groups is 1. The van der Waals surface area contributed by atoms with E-state index in [4.69, 9.17) is 5.11 Å². The molecule has 19 heavy (non-hydrogen) atoms. The fourth-order valence-electron chi connectivity index (χ4n) is 1.53. The number of nitrogens with one attached hydrogen (secondary N) is 3. The monoisotopic (exact) mass is 271 g/mol. The second-order valence-electron chi connectivity index (χ2n) is 4.64. The van der Waals surface area contributed by atoms with Gasteiger partial charge in [-0.1, -0.05) is 6.92 Å². The molecule has 0 bridgehead atoms. The van der Waals surface area contributed by atoms with Crippen LogP contribution in [0.4, 0.5) is 4.79 Å². The minimum absolute atomic E-state index is 0.00155. The molecule has 1 fully saturated rings. The van der Waals surface area contributed by atoms with E-state index < -0.39 is 18.0 Å². The maximum absolute atomic E-state index is 11.4. The average Bonchev–Trinajstić information content (AvgIpc) is 3.15. The van der Waals surface area contributed by atoms with Gasteiger partial charge in [-0.25, -0.2) is 9.59 Å². The summed E-state index contributed by atoms with van der Waals surface area (Å²) in [5.41, 5.74) is 0. The predicted molar refractivity (Wildman–Crippen MR) is 68.6 cm³/mol. The summed E-state index contributed by atoms with van der Waals surface area (Å²) in [6.07, 6.45) is 3.34. The first-order valence-corrected chi connectivity index (χ1v) is 6.59. The van der Waals surface area contributed by atoms with Crippen LogP contribution < -0.4 is 16.0 Å². The quantitative estimate of drug-likeness (QED) is 0.473. The molecule has 0 heterocycles. The minimum atomic E-state index is -1.05. The van der Waals surface area contributed by atoms with Crippen LogP contribution in [0, 0.1) is 0 Å². The molecule has 1 aliphatic rings. The van der Waals surface area contributed by atoms with Crippen LogP contribution in [0.2, 0.25) is 0 Å². The standard InChI is InChI=1S/C12H21N3O4/c1-2-9(11(17)18)15-12(19)13-7-3-4-10(16)14-8-5-6-8/h8-9H,2-7H2,1H3,(H,14,16)(H,17,18)(H2,13,15,19)/t9-/m1/s1. The van der Waals surface area contributed by atoms with Gasteiger partial charge in [0, 0.05) is 19.0 Å². The van der Waals surface area contributed by atoms with E-state index in [1.54, 1.807) is 6.92 Å². The lowest BCUT2D eigenvalue weighted by atomic mass is 10.2. The SMILES string of the molecule is CC[C@@H](NC(=O)NCCCC(=O)NC1CC1)C(=O)O. The summed E-state index contributed by atoms with van der Waals surface area (Å²) in [5.74, 6) is -1.05. The smallest absolute Gasteiger partial charge is 0.326 e. The lowest BCUT2D eigenvalue weighted by Crippen LogP contribution is -2.46. The molecule has 1 aliphatic carbocycles. The minimum Gasteiger partial charge on any atom is -0.480 e. The third-order valence-electron chi connectivity index (χ3n) is 2.82. The summed E-state index contributed by atoms with van der Waals surface area (Å²) in [6, 6.07) is -1.04. The number of aliphatic carboxylic acids is 1. The maximum Gasteiger partial charge on any atom is 0.326 e. The second-order valence-corrected chi connectivity index (χ2v) is 4.64. The summed E-state index contributed by atoms with van der Waals surface area (Å²) in [6.45, 7) is 2.03. The Bertz CT molecular complexity index is 342. The molecule has 4 N–H and O–H groups in total. The molecule has 0 spiro atoms. The van der Waals surface area contributed by atoms with E-state index >= 15 is 0 Å². The highest BCUT2D eigenvalue weighted by Gasteiger charge is 2.22. The van der Waals surface area contributed by atoms with Gasteiger partial charge in [0.1, 0.15) is 6.04 Å². The van der Waals surface area contributed by atoms with Gasteiger partial charge in [0.05, 0.1) is 0 Å². The zero-order valence-corrected chi connectivity index (χ0v) is 11.1. The predicted octanol–water partition coefficient (Wildman–Crippen LogP) is 0.208. The Morgan fingerprint density at radius 3 is 2.53 bits per heavy atom. The second kappa shape index (κ2) is 7.60. The highest BCUT2D eigenvalue weighted by Crippen LogP contribution is 2.18. The van der Waals surface area contributed by atoms with Crippen LogP contribution in [0.1, 0.15) is 39.0 Å². The van der Waals surface area contributed by atoms with E-state index in [9.17, 15) is 14.4 Å². The number of rotatable bonds is 8. The molecule has 0 radical (unpaired) electrons. The highest BCUT2D eigenvalue weighted by atomic mass is 16.4. The average molecular weight is 271 g/mol. The number of carbonyl (C=O) groups is 3. The fraction of sp³-hybridized carbons (Fsp3) is 0.750. The van der Waals surface area contributed by atoms with Gasteiger partial charge in [-0.2, -0.15) is 0 Å². The third-order valence-corrected chi connectivity index (χ3v) is 2.82. The summed E-state index contributed by atoms with van der Waals surface area (Å²) < 4.78 is 0. The first-order chi connectivity index (χ1) is 9.02. The van der Waals surface area contributed by atoms with Crippen molar-refractivity contribution in [2.45, 2.75) is 51.1 Å². The van der Waals surface area contributed by atoms with E-state index in [1.807, 2.05) is 0 Å². The number of hydrogen-bond acceptors (Lipinski definition) is 3. The van der Waals surface area contributed by atoms with Gasteiger partial charge in [0.2, 0.25) is 5.91 Å². The lowest BCUT2D eigenvalue weighted by Gasteiger charge is -2.13. The van der Waals surface area contributed by atoms with Crippen molar-refractivity contribution in [3.63, 3.8) is 0 Å². The normalized spacial score (nSPS) is 15.4. The number of carbonyl (C=O) groups excluding carboxylic acids is 2. The molecule has 0 unspecified atom stereocenters. The lowest BCUT2D eigenvalue weighted by molar-refractivity contribution is -0.139. The molecule has 108 valence electrons. The van der Waals surface area contributed by atoms with Gasteiger partial charge >= 0.3 is 12.0 Å². The van der Waals surface area contributed by atoms with Crippen molar-refractivity contribution in [2.75, 3.05) is 6.54 Å². The first kappa shape index (κ1) is 15.3. The summed E-state index contributed by atoms with van der Waals surface area (Å²) >= 11 is 0. The molecule has 7 heteroatoms. The highest BCUT2D eigenvalue weighted by molar-refractivity contribution is 5.82. The Morgan fingerprint density at radius 2 is 2.00 bits per heavy atom. The van der Waals surface area contributed by atoms with E-state index in [0.29, 0.717) is 31.8 Å². The van der Waals surface area contributed by atoms with Gasteiger partial charge in [0.15, 0.2) is 0 Å². The fourth-order valence-corrected chi connectivity index (χ4v) is 1.53. The van der Waals surface area contributed by atoms with Crippen LogP contribution in [0.25, 0.3) is 0 Å². The Labute approximate surface area is 112 Å². The zero-order chi connectivity index (χ0) is 14.3. The van der Waals surface area contributed by atoms with E-state index in [2.05, 4.69) is 16.0 Å². The first-order valence-electron chi connectivity index (χ1n) is 6.59. The van der Waals surface area contributed by atoms with Crippen LogP contribution in [-0.4, -0.2) is 41.6 Å². The van der Waals surface area contributed by atoms with Crippen molar-refractivity contribution < 1.29 is 19.5 Å². The van der Waals surface area contributed by atoms with Crippen LogP contribution in [-0.2, 0) is 9.59 Å². The van der Waals surface area contributed by atoms with E-state index in [0.717, 1.165) is 12.8 Å². The van der Waals surface area contributed by atoms with Gasteiger partial charge in [0.25, 0.3) is 0 Å². The molecule has 0 aliphatic heterocycles. The summed E-state index contributed by atoms with van der Waals surface area (Å²) in [5, 5.41) is 16.5. The van der Waals surface area contributed by atoms with Gasteiger partial charge in [-0.05, 0) is 25.7 Å². The van der Waals surface area contributed by atoms with Crippen molar-refractivity contribution in [3.05, 3.63) is 0 Å². The molecule has 3 amide bonds. The van der Waals surface area contributed by atoms with Crippen molar-refractivity contribution in [2.24, 2.45) is 0 Å². The summed E-state index contributed by atoms with van der Waals surface area (Å²) in [4.78, 5) is 33.4. The van der Waals surface area contributed by atoms with Crippen molar-refractivity contribution in [1.82, 2.24) is 16.0 Å². The molecule has 0 aromatic heterocycles. The third kappa shape index (κ3) is 6.64. The Hall–Kier alpha value is -1.79. The van der Waals surface area contributed by atoms with Crippen LogP contribution in [0.3, 0.4) is 0 Å². The molecule has 0 aromatic carbocycles. The molecule has 0 aromatic rings. The molecular weight excluding hydrogens is 250 g/mol. The number of amides is 3. The van der Waals surface area contributed by atoms with E-state index in [-0.39, 0.29) is 5.91 Å². The van der Waals surface area contributed by atoms with Gasteiger partial charge < -0.3 is 21.1 Å². The Morgan fingerprint density at radius 1 is 1.32 bits per heavy atom. The molecule has 1 saturated carbocycles. The Balaban J connectivity index is 2.05. The van der Waals surface area contributed by atoms with Gasteiger partial charge in [-0.15, -0.1) is 0 Å². The van der Waals surface area contributed by atoms with E-state index in [1.165, 1.54) is 0 Å².